The topological polar surface area (TPSA) is 32.6 Å². The SMILES string of the molecule is O/N=C(\CSc1ccc(Cl)cc1)c1ccccc1. The molecule has 0 aromatic heterocycles. The van der Waals surface area contributed by atoms with E-state index in [4.69, 9.17) is 16.8 Å². The summed E-state index contributed by atoms with van der Waals surface area (Å²) in [5.41, 5.74) is 1.59. The molecule has 0 saturated heterocycles. The summed E-state index contributed by atoms with van der Waals surface area (Å²) in [6.07, 6.45) is 0. The van der Waals surface area contributed by atoms with Gasteiger partial charge in [-0.2, -0.15) is 0 Å². The molecular formula is C14H12ClNOS. The second-order valence-electron chi connectivity index (χ2n) is 3.66. The second-order valence-corrected chi connectivity index (χ2v) is 5.14. The predicted molar refractivity (Wildman–Crippen MR) is 76.9 cm³/mol. The Morgan fingerprint density at radius 1 is 1.06 bits per heavy atom. The van der Waals surface area contributed by atoms with Crippen molar-refractivity contribution in [1.82, 2.24) is 0 Å². The van der Waals surface area contributed by atoms with Crippen molar-refractivity contribution in [3.8, 4) is 0 Å². The van der Waals surface area contributed by atoms with Crippen LogP contribution in [0.3, 0.4) is 0 Å². The molecule has 2 nitrogen and oxygen atoms in total. The summed E-state index contributed by atoms with van der Waals surface area (Å²) in [7, 11) is 0. The first kappa shape index (κ1) is 13.0. The number of hydrogen-bond acceptors (Lipinski definition) is 3. The Hall–Kier alpha value is -1.45. The lowest BCUT2D eigenvalue weighted by molar-refractivity contribution is 0.319. The molecule has 0 bridgehead atoms. The number of rotatable bonds is 4. The highest BCUT2D eigenvalue weighted by molar-refractivity contribution is 8.00. The van der Waals surface area contributed by atoms with Gasteiger partial charge in [-0.25, -0.2) is 0 Å². The molecule has 2 aromatic carbocycles. The third-order valence-corrected chi connectivity index (χ3v) is 3.69. The molecule has 0 heterocycles. The largest absolute Gasteiger partial charge is 0.411 e. The van der Waals surface area contributed by atoms with E-state index in [9.17, 15) is 0 Å². The van der Waals surface area contributed by atoms with Gasteiger partial charge in [0.25, 0.3) is 0 Å². The molecule has 4 heteroatoms. The van der Waals surface area contributed by atoms with Crippen LogP contribution in [-0.4, -0.2) is 16.7 Å². The first-order valence-electron chi connectivity index (χ1n) is 5.44. The maximum absolute atomic E-state index is 9.06. The number of nitrogens with zero attached hydrogens (tertiary/aromatic N) is 1. The third kappa shape index (κ3) is 3.52. The summed E-state index contributed by atoms with van der Waals surface area (Å²) in [5.74, 6) is 0.613. The zero-order chi connectivity index (χ0) is 12.8. The van der Waals surface area contributed by atoms with E-state index in [0.717, 1.165) is 15.5 Å². The molecular weight excluding hydrogens is 266 g/mol. The molecule has 0 saturated carbocycles. The number of benzene rings is 2. The van der Waals surface area contributed by atoms with E-state index in [0.29, 0.717) is 11.5 Å². The van der Waals surface area contributed by atoms with Crippen molar-refractivity contribution in [2.24, 2.45) is 5.16 Å². The number of halogens is 1. The van der Waals surface area contributed by atoms with Crippen molar-refractivity contribution in [3.63, 3.8) is 0 Å². The van der Waals surface area contributed by atoms with Crippen LogP contribution >= 0.6 is 23.4 Å². The Bertz CT molecular complexity index is 525. The highest BCUT2D eigenvalue weighted by Crippen LogP contribution is 2.21. The maximum Gasteiger partial charge on any atom is 0.0970 e. The lowest BCUT2D eigenvalue weighted by Crippen LogP contribution is -2.03. The van der Waals surface area contributed by atoms with Crippen molar-refractivity contribution >= 4 is 29.1 Å². The van der Waals surface area contributed by atoms with Crippen molar-refractivity contribution < 1.29 is 5.21 Å². The molecule has 18 heavy (non-hydrogen) atoms. The third-order valence-electron chi connectivity index (χ3n) is 2.42. The lowest BCUT2D eigenvalue weighted by Gasteiger charge is -2.04. The zero-order valence-corrected chi connectivity index (χ0v) is 11.2. The fourth-order valence-electron chi connectivity index (χ4n) is 1.48. The van der Waals surface area contributed by atoms with Crippen LogP contribution in [0.25, 0.3) is 0 Å². The van der Waals surface area contributed by atoms with Crippen molar-refractivity contribution in [3.05, 3.63) is 65.2 Å². The molecule has 0 spiro atoms. The van der Waals surface area contributed by atoms with Gasteiger partial charge in [-0.15, -0.1) is 11.8 Å². The van der Waals surface area contributed by atoms with E-state index in [2.05, 4.69) is 5.16 Å². The van der Waals surface area contributed by atoms with Crippen LogP contribution in [0.4, 0.5) is 0 Å². The molecule has 0 aliphatic carbocycles. The van der Waals surface area contributed by atoms with E-state index in [1.165, 1.54) is 0 Å². The molecule has 0 unspecified atom stereocenters. The van der Waals surface area contributed by atoms with Crippen LogP contribution in [0.1, 0.15) is 5.56 Å². The van der Waals surface area contributed by atoms with E-state index in [1.807, 2.05) is 54.6 Å². The Morgan fingerprint density at radius 2 is 1.72 bits per heavy atom. The molecule has 2 aromatic rings. The Balaban J connectivity index is 2.03. The van der Waals surface area contributed by atoms with Crippen LogP contribution in [0.5, 0.6) is 0 Å². The standard InChI is InChI=1S/C14H12ClNOS/c15-12-6-8-13(9-7-12)18-10-14(16-17)11-4-2-1-3-5-11/h1-9,17H,10H2/b16-14+. The van der Waals surface area contributed by atoms with E-state index in [1.54, 1.807) is 11.8 Å². The van der Waals surface area contributed by atoms with Gasteiger partial charge in [0.1, 0.15) is 0 Å². The summed E-state index contributed by atoms with van der Waals surface area (Å²) < 4.78 is 0. The summed E-state index contributed by atoms with van der Waals surface area (Å²) in [5, 5.41) is 13.1. The predicted octanol–water partition coefficient (Wildman–Crippen LogP) is 4.31. The normalized spacial score (nSPS) is 11.5. The highest BCUT2D eigenvalue weighted by atomic mass is 35.5. The quantitative estimate of drug-likeness (QED) is 0.391. The van der Waals surface area contributed by atoms with E-state index in [-0.39, 0.29) is 0 Å². The van der Waals surface area contributed by atoms with Gasteiger partial charge in [0, 0.05) is 21.2 Å². The average molecular weight is 278 g/mol. The number of oxime groups is 1. The molecule has 0 fully saturated rings. The van der Waals surface area contributed by atoms with Crippen LogP contribution in [0.2, 0.25) is 5.02 Å². The fourth-order valence-corrected chi connectivity index (χ4v) is 2.47. The Morgan fingerprint density at radius 3 is 2.33 bits per heavy atom. The van der Waals surface area contributed by atoms with Gasteiger partial charge in [0.05, 0.1) is 5.71 Å². The maximum atomic E-state index is 9.06. The minimum Gasteiger partial charge on any atom is -0.411 e. The molecule has 0 amide bonds. The van der Waals surface area contributed by atoms with Gasteiger partial charge in [0.15, 0.2) is 0 Å². The van der Waals surface area contributed by atoms with Gasteiger partial charge < -0.3 is 5.21 Å². The summed E-state index contributed by atoms with van der Waals surface area (Å²) in [4.78, 5) is 1.09. The van der Waals surface area contributed by atoms with Gasteiger partial charge >= 0.3 is 0 Å². The van der Waals surface area contributed by atoms with Gasteiger partial charge in [0.2, 0.25) is 0 Å². The fraction of sp³-hybridized carbons (Fsp3) is 0.0714. The number of hydrogen-bond donors (Lipinski definition) is 1. The van der Waals surface area contributed by atoms with Gasteiger partial charge in [-0.1, -0.05) is 47.1 Å². The van der Waals surface area contributed by atoms with E-state index >= 15 is 0 Å². The van der Waals surface area contributed by atoms with Crippen LogP contribution in [0, 0.1) is 0 Å². The van der Waals surface area contributed by atoms with Crippen molar-refractivity contribution in [1.29, 1.82) is 0 Å². The first-order chi connectivity index (χ1) is 8.79. The van der Waals surface area contributed by atoms with Crippen LogP contribution in [-0.2, 0) is 0 Å². The Labute approximate surface area is 115 Å². The molecule has 2 rings (SSSR count). The monoisotopic (exact) mass is 277 g/mol. The first-order valence-corrected chi connectivity index (χ1v) is 6.80. The second kappa shape index (κ2) is 6.47. The number of thioether (sulfide) groups is 1. The smallest absolute Gasteiger partial charge is 0.0970 e. The molecule has 1 N–H and O–H groups in total. The summed E-state index contributed by atoms with van der Waals surface area (Å²) >= 11 is 7.43. The van der Waals surface area contributed by atoms with Gasteiger partial charge in [-0.3, -0.25) is 0 Å². The molecule has 92 valence electrons. The average Bonchev–Trinajstić information content (AvgIpc) is 2.43. The minimum atomic E-state index is 0.613. The molecule has 0 radical (unpaired) electrons. The summed E-state index contributed by atoms with van der Waals surface area (Å²) in [6, 6.07) is 17.2. The van der Waals surface area contributed by atoms with Crippen LogP contribution in [0.15, 0.2) is 64.6 Å². The minimum absolute atomic E-state index is 0.613. The van der Waals surface area contributed by atoms with Gasteiger partial charge in [-0.05, 0) is 24.3 Å². The van der Waals surface area contributed by atoms with Crippen LogP contribution < -0.4 is 0 Å². The Kier molecular flexibility index (Phi) is 4.67. The molecule has 0 aliphatic heterocycles. The van der Waals surface area contributed by atoms with Crippen molar-refractivity contribution in [2.45, 2.75) is 4.90 Å². The van der Waals surface area contributed by atoms with E-state index < -0.39 is 0 Å². The molecule has 0 aliphatic rings. The zero-order valence-electron chi connectivity index (χ0n) is 9.58. The molecule has 0 atom stereocenters. The summed E-state index contributed by atoms with van der Waals surface area (Å²) in [6.45, 7) is 0. The highest BCUT2D eigenvalue weighted by Gasteiger charge is 2.04. The lowest BCUT2D eigenvalue weighted by atomic mass is 10.1. The van der Waals surface area contributed by atoms with Crippen molar-refractivity contribution in [2.75, 3.05) is 5.75 Å².